The summed E-state index contributed by atoms with van der Waals surface area (Å²) >= 11 is 4.69. The zero-order chi connectivity index (χ0) is 16.1. The standard InChI is InChI=1S/C16H15BrN2O2S/c1-10-6-7-13(12(17)8-10)19-16(21)11-4-2-3-5-14(11)22-9-15(18)20/h2-8H,9H2,1H3,(H2,18,20)(H,19,21). The van der Waals surface area contributed by atoms with Crippen LogP contribution in [0.5, 0.6) is 0 Å². The van der Waals surface area contributed by atoms with E-state index in [9.17, 15) is 9.59 Å². The monoisotopic (exact) mass is 378 g/mol. The first kappa shape index (κ1) is 16.6. The number of aryl methyl sites for hydroxylation is 1. The highest BCUT2D eigenvalue weighted by Crippen LogP contribution is 2.26. The Hall–Kier alpha value is -1.79. The number of halogens is 1. The number of hydrogen-bond acceptors (Lipinski definition) is 3. The van der Waals surface area contributed by atoms with Gasteiger partial charge in [-0.05, 0) is 52.7 Å². The van der Waals surface area contributed by atoms with Crippen LogP contribution in [0, 0.1) is 6.92 Å². The Morgan fingerprint density at radius 1 is 1.23 bits per heavy atom. The molecule has 0 radical (unpaired) electrons. The van der Waals surface area contributed by atoms with Gasteiger partial charge in [-0.15, -0.1) is 11.8 Å². The zero-order valence-corrected chi connectivity index (χ0v) is 14.3. The van der Waals surface area contributed by atoms with Crippen LogP contribution in [-0.4, -0.2) is 17.6 Å². The van der Waals surface area contributed by atoms with E-state index in [1.54, 1.807) is 18.2 Å². The normalized spacial score (nSPS) is 10.3. The first-order chi connectivity index (χ1) is 10.5. The lowest BCUT2D eigenvalue weighted by Gasteiger charge is -2.11. The highest BCUT2D eigenvalue weighted by Gasteiger charge is 2.13. The van der Waals surface area contributed by atoms with Gasteiger partial charge in [0.1, 0.15) is 0 Å². The number of primary amides is 1. The number of benzene rings is 2. The molecule has 114 valence electrons. The number of anilines is 1. The molecule has 6 heteroatoms. The number of amides is 2. The molecule has 0 saturated carbocycles. The summed E-state index contributed by atoms with van der Waals surface area (Å²) in [4.78, 5) is 24.1. The van der Waals surface area contributed by atoms with Crippen LogP contribution >= 0.6 is 27.7 Å². The van der Waals surface area contributed by atoms with Gasteiger partial charge in [-0.1, -0.05) is 18.2 Å². The van der Waals surface area contributed by atoms with Crippen molar-refractivity contribution >= 4 is 45.2 Å². The summed E-state index contributed by atoms with van der Waals surface area (Å²) in [5.41, 5.74) is 7.47. The first-order valence-electron chi connectivity index (χ1n) is 6.55. The van der Waals surface area contributed by atoms with Crippen molar-refractivity contribution in [3.8, 4) is 0 Å². The minimum Gasteiger partial charge on any atom is -0.369 e. The number of thioether (sulfide) groups is 1. The fourth-order valence-corrected chi connectivity index (χ4v) is 3.22. The van der Waals surface area contributed by atoms with Crippen LogP contribution in [0.3, 0.4) is 0 Å². The van der Waals surface area contributed by atoms with Crippen LogP contribution in [0.25, 0.3) is 0 Å². The lowest BCUT2D eigenvalue weighted by Crippen LogP contribution is -2.15. The van der Waals surface area contributed by atoms with Gasteiger partial charge in [0.05, 0.1) is 17.0 Å². The summed E-state index contributed by atoms with van der Waals surface area (Å²) < 4.78 is 0.822. The Morgan fingerprint density at radius 2 is 1.95 bits per heavy atom. The minimum absolute atomic E-state index is 0.137. The molecule has 2 amide bonds. The minimum atomic E-state index is -0.415. The third-order valence-electron chi connectivity index (χ3n) is 2.87. The predicted molar refractivity (Wildman–Crippen MR) is 93.2 cm³/mol. The van der Waals surface area contributed by atoms with E-state index in [1.807, 2.05) is 31.2 Å². The molecule has 22 heavy (non-hydrogen) atoms. The Balaban J connectivity index is 2.20. The van der Waals surface area contributed by atoms with Gasteiger partial charge in [0, 0.05) is 9.37 Å². The topological polar surface area (TPSA) is 72.2 Å². The lowest BCUT2D eigenvalue weighted by molar-refractivity contribution is -0.115. The predicted octanol–water partition coefficient (Wildman–Crippen LogP) is 3.59. The molecule has 2 aromatic carbocycles. The summed E-state index contributed by atoms with van der Waals surface area (Å²) in [6.45, 7) is 1.98. The van der Waals surface area contributed by atoms with Crippen molar-refractivity contribution in [3.63, 3.8) is 0 Å². The van der Waals surface area contributed by atoms with E-state index in [0.717, 1.165) is 14.9 Å². The third-order valence-corrected chi connectivity index (χ3v) is 4.63. The molecule has 4 nitrogen and oxygen atoms in total. The van der Waals surface area contributed by atoms with E-state index in [2.05, 4.69) is 21.2 Å². The molecule has 2 rings (SSSR count). The molecule has 0 aliphatic rings. The molecule has 0 bridgehead atoms. The van der Waals surface area contributed by atoms with Crippen LogP contribution in [-0.2, 0) is 4.79 Å². The first-order valence-corrected chi connectivity index (χ1v) is 8.33. The van der Waals surface area contributed by atoms with Crippen molar-refractivity contribution in [2.45, 2.75) is 11.8 Å². The number of rotatable bonds is 5. The van der Waals surface area contributed by atoms with Crippen LogP contribution in [0.1, 0.15) is 15.9 Å². The van der Waals surface area contributed by atoms with E-state index >= 15 is 0 Å². The third kappa shape index (κ3) is 4.35. The second-order valence-corrected chi connectivity index (χ2v) is 6.56. The van der Waals surface area contributed by atoms with Gasteiger partial charge in [0.25, 0.3) is 5.91 Å². The van der Waals surface area contributed by atoms with Gasteiger partial charge in [-0.25, -0.2) is 0 Å². The van der Waals surface area contributed by atoms with Crippen LogP contribution in [0.15, 0.2) is 51.8 Å². The number of nitrogens with two attached hydrogens (primary N) is 1. The van der Waals surface area contributed by atoms with E-state index in [-0.39, 0.29) is 11.7 Å². The van der Waals surface area contributed by atoms with Gasteiger partial charge < -0.3 is 11.1 Å². The molecule has 0 spiro atoms. The molecule has 3 N–H and O–H groups in total. The number of nitrogens with one attached hydrogen (secondary N) is 1. The van der Waals surface area contributed by atoms with Crippen LogP contribution < -0.4 is 11.1 Å². The molecular formula is C16H15BrN2O2S. The maximum absolute atomic E-state index is 12.5. The Morgan fingerprint density at radius 3 is 2.64 bits per heavy atom. The smallest absolute Gasteiger partial charge is 0.256 e. The lowest BCUT2D eigenvalue weighted by atomic mass is 10.2. The highest BCUT2D eigenvalue weighted by molar-refractivity contribution is 9.10. The van der Waals surface area contributed by atoms with Gasteiger partial charge in [0.15, 0.2) is 0 Å². The molecule has 0 aliphatic carbocycles. The molecule has 0 unspecified atom stereocenters. The van der Waals surface area contributed by atoms with E-state index in [0.29, 0.717) is 11.3 Å². The summed E-state index contributed by atoms with van der Waals surface area (Å²) in [5.74, 6) is -0.503. The van der Waals surface area contributed by atoms with Crippen molar-refractivity contribution in [3.05, 3.63) is 58.1 Å². The van der Waals surface area contributed by atoms with Crippen molar-refractivity contribution in [2.24, 2.45) is 5.73 Å². The molecule has 2 aromatic rings. The number of hydrogen-bond donors (Lipinski definition) is 2. The highest BCUT2D eigenvalue weighted by atomic mass is 79.9. The number of carbonyl (C=O) groups is 2. The van der Waals surface area contributed by atoms with Gasteiger partial charge >= 0.3 is 0 Å². The Bertz CT molecular complexity index is 719. The largest absolute Gasteiger partial charge is 0.369 e. The second kappa shape index (κ2) is 7.47. The molecule has 0 aromatic heterocycles. The molecule has 0 atom stereocenters. The average molecular weight is 379 g/mol. The molecule has 0 heterocycles. The van der Waals surface area contributed by atoms with Crippen molar-refractivity contribution in [2.75, 3.05) is 11.1 Å². The quantitative estimate of drug-likeness (QED) is 0.780. The van der Waals surface area contributed by atoms with Crippen molar-refractivity contribution < 1.29 is 9.59 Å². The molecule has 0 fully saturated rings. The maximum Gasteiger partial charge on any atom is 0.256 e. The zero-order valence-electron chi connectivity index (χ0n) is 11.9. The van der Waals surface area contributed by atoms with Crippen molar-refractivity contribution in [1.82, 2.24) is 0 Å². The van der Waals surface area contributed by atoms with E-state index in [4.69, 9.17) is 5.73 Å². The SMILES string of the molecule is Cc1ccc(NC(=O)c2ccccc2SCC(N)=O)c(Br)c1. The summed E-state index contributed by atoms with van der Waals surface area (Å²) in [6, 6.07) is 12.8. The van der Waals surface area contributed by atoms with E-state index < -0.39 is 5.91 Å². The second-order valence-electron chi connectivity index (χ2n) is 4.69. The molecule has 0 aliphatic heterocycles. The Kier molecular flexibility index (Phi) is 5.63. The van der Waals surface area contributed by atoms with Crippen LogP contribution in [0.4, 0.5) is 5.69 Å². The summed E-state index contributed by atoms with van der Waals surface area (Å²) in [6.07, 6.45) is 0. The molecular weight excluding hydrogens is 364 g/mol. The summed E-state index contributed by atoms with van der Waals surface area (Å²) in [7, 11) is 0. The average Bonchev–Trinajstić information content (AvgIpc) is 2.48. The number of carbonyl (C=O) groups excluding carboxylic acids is 2. The van der Waals surface area contributed by atoms with E-state index in [1.165, 1.54) is 11.8 Å². The van der Waals surface area contributed by atoms with Gasteiger partial charge in [0.2, 0.25) is 5.91 Å². The summed E-state index contributed by atoms with van der Waals surface area (Å²) in [5, 5.41) is 2.87. The maximum atomic E-state index is 12.5. The van der Waals surface area contributed by atoms with Gasteiger partial charge in [-0.3, -0.25) is 9.59 Å². The Labute approximate surface area is 141 Å². The van der Waals surface area contributed by atoms with Gasteiger partial charge in [-0.2, -0.15) is 0 Å². The van der Waals surface area contributed by atoms with Crippen LogP contribution in [0.2, 0.25) is 0 Å². The fraction of sp³-hybridized carbons (Fsp3) is 0.125. The molecule has 0 saturated heterocycles. The van der Waals surface area contributed by atoms with Crippen molar-refractivity contribution in [1.29, 1.82) is 0 Å². The fourth-order valence-electron chi connectivity index (χ4n) is 1.84.